The van der Waals surface area contributed by atoms with Crippen LogP contribution in [0.4, 0.5) is 4.79 Å². The molecule has 0 aromatic heterocycles. The maximum atomic E-state index is 11.6. The highest BCUT2D eigenvalue weighted by atomic mass is 16.6. The molecule has 0 aromatic rings. The van der Waals surface area contributed by atoms with Gasteiger partial charge in [-0.05, 0) is 34.6 Å². The van der Waals surface area contributed by atoms with Crippen LogP contribution in [-0.4, -0.2) is 29.0 Å². The molecule has 0 rings (SSSR count). The predicted octanol–water partition coefficient (Wildman–Crippen LogP) is 2.25. The maximum Gasteiger partial charge on any atom is 0.431 e. The summed E-state index contributed by atoms with van der Waals surface area (Å²) in [5, 5.41) is 5.12. The van der Waals surface area contributed by atoms with Gasteiger partial charge in [0.1, 0.15) is 12.1 Å². The van der Waals surface area contributed by atoms with Crippen LogP contribution in [0.15, 0.2) is 5.10 Å². The second kappa shape index (κ2) is 5.40. The Balaban J connectivity index is 4.59. The van der Waals surface area contributed by atoms with Crippen molar-refractivity contribution in [2.45, 2.75) is 40.2 Å². The van der Waals surface area contributed by atoms with E-state index in [0.29, 0.717) is 0 Å². The van der Waals surface area contributed by atoms with Crippen molar-refractivity contribution in [1.82, 2.24) is 5.01 Å². The van der Waals surface area contributed by atoms with Gasteiger partial charge < -0.3 is 4.74 Å². The summed E-state index contributed by atoms with van der Waals surface area (Å²) in [6.45, 7) is 9.06. The van der Waals surface area contributed by atoms with E-state index in [4.69, 9.17) is 11.2 Å². The molecule has 0 saturated heterocycles. The average Bonchev–Trinajstić information content (AvgIpc) is 1.99. The van der Waals surface area contributed by atoms with E-state index in [2.05, 4.69) is 11.0 Å². The highest BCUT2D eigenvalue weighted by Crippen LogP contribution is 2.10. The van der Waals surface area contributed by atoms with Crippen molar-refractivity contribution in [1.29, 1.82) is 0 Å². The van der Waals surface area contributed by atoms with Crippen LogP contribution in [0.5, 0.6) is 0 Å². The number of amides is 1. The molecule has 0 aliphatic rings. The number of terminal acetylenes is 1. The average molecular weight is 210 g/mol. The van der Waals surface area contributed by atoms with Gasteiger partial charge in [-0.2, -0.15) is 10.1 Å². The molecule has 4 heteroatoms. The van der Waals surface area contributed by atoms with Crippen LogP contribution >= 0.6 is 0 Å². The first-order chi connectivity index (χ1) is 6.76. The fraction of sp³-hybridized carbons (Fsp3) is 0.636. The summed E-state index contributed by atoms with van der Waals surface area (Å²) in [5.74, 6) is 2.36. The highest BCUT2D eigenvalue weighted by Gasteiger charge is 2.21. The van der Waals surface area contributed by atoms with Crippen molar-refractivity contribution >= 4 is 11.8 Å². The van der Waals surface area contributed by atoms with Gasteiger partial charge in [-0.15, -0.1) is 6.42 Å². The number of rotatable bonds is 2. The molecule has 0 bridgehead atoms. The molecular formula is C11H18N2O2. The third-order valence-electron chi connectivity index (χ3n) is 1.17. The van der Waals surface area contributed by atoms with Gasteiger partial charge in [0.2, 0.25) is 0 Å². The minimum Gasteiger partial charge on any atom is -0.442 e. The fourth-order valence-corrected chi connectivity index (χ4v) is 0.783. The van der Waals surface area contributed by atoms with Crippen molar-refractivity contribution in [2.75, 3.05) is 6.54 Å². The van der Waals surface area contributed by atoms with E-state index in [-0.39, 0.29) is 6.54 Å². The van der Waals surface area contributed by atoms with Crippen LogP contribution in [0.3, 0.4) is 0 Å². The number of hydrogen-bond acceptors (Lipinski definition) is 3. The van der Waals surface area contributed by atoms with Gasteiger partial charge in [-0.25, -0.2) is 4.79 Å². The van der Waals surface area contributed by atoms with Gasteiger partial charge in [-0.3, -0.25) is 0 Å². The summed E-state index contributed by atoms with van der Waals surface area (Å²) in [5.41, 5.74) is 0.206. The third-order valence-corrected chi connectivity index (χ3v) is 1.17. The van der Waals surface area contributed by atoms with Crippen LogP contribution in [0, 0.1) is 12.3 Å². The lowest BCUT2D eigenvalue weighted by Gasteiger charge is -2.23. The molecule has 0 atom stereocenters. The molecule has 0 unspecified atom stereocenters. The summed E-state index contributed by atoms with van der Waals surface area (Å²) in [7, 11) is 0. The van der Waals surface area contributed by atoms with E-state index < -0.39 is 11.7 Å². The van der Waals surface area contributed by atoms with E-state index in [0.717, 1.165) is 10.7 Å². The Morgan fingerprint density at radius 2 is 2.00 bits per heavy atom. The third kappa shape index (κ3) is 6.55. The minimum atomic E-state index is -0.541. The van der Waals surface area contributed by atoms with E-state index in [1.165, 1.54) is 0 Å². The number of nitrogens with zero attached hydrogens (tertiary/aromatic N) is 2. The molecule has 0 saturated carbocycles. The molecule has 0 fully saturated rings. The maximum absolute atomic E-state index is 11.6. The molecule has 0 radical (unpaired) electrons. The largest absolute Gasteiger partial charge is 0.442 e. The quantitative estimate of drug-likeness (QED) is 0.398. The number of carbonyl (C=O) groups excluding carboxylic acids is 1. The summed E-state index contributed by atoms with van der Waals surface area (Å²) >= 11 is 0. The zero-order valence-electron chi connectivity index (χ0n) is 10.00. The lowest BCUT2D eigenvalue weighted by molar-refractivity contribution is 0.0279. The molecule has 0 heterocycles. The molecule has 15 heavy (non-hydrogen) atoms. The first kappa shape index (κ1) is 13.5. The number of hydrogen-bond donors (Lipinski definition) is 0. The Kier molecular flexibility index (Phi) is 4.86. The van der Waals surface area contributed by atoms with Gasteiger partial charge >= 0.3 is 6.09 Å². The second-order valence-electron chi connectivity index (χ2n) is 4.29. The summed E-state index contributed by atoms with van der Waals surface area (Å²) in [4.78, 5) is 11.6. The highest BCUT2D eigenvalue weighted by molar-refractivity contribution is 5.80. The lowest BCUT2D eigenvalue weighted by Crippen LogP contribution is -2.34. The summed E-state index contributed by atoms with van der Waals surface area (Å²) in [6, 6.07) is 0. The van der Waals surface area contributed by atoms with Crippen molar-refractivity contribution in [3.8, 4) is 12.3 Å². The molecule has 4 nitrogen and oxygen atoms in total. The Morgan fingerprint density at radius 1 is 1.47 bits per heavy atom. The van der Waals surface area contributed by atoms with Crippen LogP contribution in [0.1, 0.15) is 34.6 Å². The lowest BCUT2D eigenvalue weighted by atomic mass is 10.2. The number of hydrazone groups is 1. The van der Waals surface area contributed by atoms with E-state index in [1.807, 2.05) is 0 Å². The molecule has 84 valence electrons. The second-order valence-corrected chi connectivity index (χ2v) is 4.29. The molecule has 0 N–H and O–H groups in total. The molecule has 0 aromatic carbocycles. The molecule has 0 spiro atoms. The van der Waals surface area contributed by atoms with Gasteiger partial charge in [0.15, 0.2) is 0 Å². The molecule has 0 aliphatic carbocycles. The van der Waals surface area contributed by atoms with Crippen LogP contribution < -0.4 is 0 Å². The summed E-state index contributed by atoms with van der Waals surface area (Å²) < 4.78 is 5.14. The smallest absolute Gasteiger partial charge is 0.431 e. The topological polar surface area (TPSA) is 41.9 Å². The fourth-order valence-electron chi connectivity index (χ4n) is 0.783. The zero-order valence-corrected chi connectivity index (χ0v) is 10.00. The van der Waals surface area contributed by atoms with Crippen molar-refractivity contribution in [3.63, 3.8) is 0 Å². The van der Waals surface area contributed by atoms with Gasteiger partial charge in [0.05, 0.1) is 0 Å². The van der Waals surface area contributed by atoms with Gasteiger partial charge in [0, 0.05) is 5.71 Å². The van der Waals surface area contributed by atoms with Crippen LogP contribution in [-0.2, 0) is 4.74 Å². The Bertz CT molecular complexity index is 291. The van der Waals surface area contributed by atoms with Crippen LogP contribution in [0.25, 0.3) is 0 Å². The standard InChI is InChI=1S/C11H18N2O2/c1-7-8-13(12-9(2)3)10(14)15-11(4,5)6/h1H,8H2,2-6H3. The summed E-state index contributed by atoms with van der Waals surface area (Å²) in [6.07, 6.45) is 4.61. The van der Waals surface area contributed by atoms with Gasteiger partial charge in [0.25, 0.3) is 0 Å². The Morgan fingerprint density at radius 3 is 2.33 bits per heavy atom. The first-order valence-electron chi connectivity index (χ1n) is 4.72. The number of ether oxygens (including phenoxy) is 1. The number of carbonyl (C=O) groups is 1. The van der Waals surface area contributed by atoms with Crippen molar-refractivity contribution in [3.05, 3.63) is 0 Å². The first-order valence-corrected chi connectivity index (χ1v) is 4.72. The monoisotopic (exact) mass is 210 g/mol. The molecule has 1 amide bonds. The van der Waals surface area contributed by atoms with Crippen LogP contribution in [0.2, 0.25) is 0 Å². The molecular weight excluding hydrogens is 192 g/mol. The Hall–Kier alpha value is -1.50. The minimum absolute atomic E-state index is 0.111. The predicted molar refractivity (Wildman–Crippen MR) is 60.6 cm³/mol. The van der Waals surface area contributed by atoms with E-state index in [9.17, 15) is 4.79 Å². The van der Waals surface area contributed by atoms with Crippen molar-refractivity contribution in [2.24, 2.45) is 5.10 Å². The van der Waals surface area contributed by atoms with E-state index >= 15 is 0 Å². The zero-order chi connectivity index (χ0) is 12.1. The normalized spacial score (nSPS) is 10.1. The van der Waals surface area contributed by atoms with E-state index in [1.54, 1.807) is 34.6 Å². The molecule has 0 aliphatic heterocycles. The Labute approximate surface area is 91.3 Å². The van der Waals surface area contributed by atoms with Gasteiger partial charge in [-0.1, -0.05) is 5.92 Å². The SMILES string of the molecule is C#CCN(N=C(C)C)C(=O)OC(C)(C)C. The van der Waals surface area contributed by atoms with Crippen molar-refractivity contribution < 1.29 is 9.53 Å².